The lowest BCUT2D eigenvalue weighted by molar-refractivity contribution is -0.141. The minimum absolute atomic E-state index is 0. The molecule has 0 aromatic heterocycles. The quantitative estimate of drug-likeness (QED) is 0.877. The molecule has 2 atom stereocenters. The normalized spacial score (nSPS) is 24.1. The van der Waals surface area contributed by atoms with Crippen molar-refractivity contribution < 1.29 is 9.59 Å². The number of nitrogens with two attached hydrogens (primary N) is 1. The van der Waals surface area contributed by atoms with Gasteiger partial charge in [-0.25, -0.2) is 0 Å². The molecule has 2 aliphatic rings. The molecule has 2 N–H and O–H groups in total. The van der Waals surface area contributed by atoms with Crippen molar-refractivity contribution in [1.29, 1.82) is 0 Å². The standard InChI is InChI=1S/C20H29N3O2.ClH/c1-15-7-12-23(18(13-15)14-21)20(25)17-8-10-22(11-9-17)19(24)16-5-3-2-4-6-16;/h2-6,15,17-18H,7-14,21H2,1H3;1H. The largest absolute Gasteiger partial charge is 0.339 e. The lowest BCUT2D eigenvalue weighted by Gasteiger charge is -2.41. The van der Waals surface area contributed by atoms with Crippen molar-refractivity contribution >= 4 is 24.2 Å². The van der Waals surface area contributed by atoms with Gasteiger partial charge < -0.3 is 15.5 Å². The Kier molecular flexibility index (Phi) is 7.47. The summed E-state index contributed by atoms with van der Waals surface area (Å²) in [6.45, 7) is 4.91. The van der Waals surface area contributed by atoms with Crippen molar-refractivity contribution in [2.45, 2.75) is 38.6 Å². The van der Waals surface area contributed by atoms with Crippen molar-refractivity contribution in [2.24, 2.45) is 17.6 Å². The molecule has 0 aliphatic carbocycles. The van der Waals surface area contributed by atoms with Gasteiger partial charge in [-0.05, 0) is 43.7 Å². The van der Waals surface area contributed by atoms with Crippen molar-refractivity contribution in [2.75, 3.05) is 26.2 Å². The summed E-state index contributed by atoms with van der Waals surface area (Å²) in [6.07, 6.45) is 3.57. The van der Waals surface area contributed by atoms with Crippen LogP contribution in [0.15, 0.2) is 30.3 Å². The number of hydrogen-bond acceptors (Lipinski definition) is 3. The van der Waals surface area contributed by atoms with Crippen LogP contribution >= 0.6 is 12.4 Å². The van der Waals surface area contributed by atoms with E-state index in [4.69, 9.17) is 5.73 Å². The molecule has 144 valence electrons. The number of piperidine rings is 2. The van der Waals surface area contributed by atoms with Crippen LogP contribution in [0, 0.1) is 11.8 Å². The zero-order valence-electron chi connectivity index (χ0n) is 15.5. The molecule has 2 saturated heterocycles. The second-order valence-corrected chi connectivity index (χ2v) is 7.48. The first kappa shape index (κ1) is 20.7. The first-order valence-corrected chi connectivity index (χ1v) is 9.45. The molecular formula is C20H30ClN3O2. The lowest BCUT2D eigenvalue weighted by Crippen LogP contribution is -2.52. The van der Waals surface area contributed by atoms with Crippen molar-refractivity contribution in [3.63, 3.8) is 0 Å². The highest BCUT2D eigenvalue weighted by Gasteiger charge is 2.35. The first-order chi connectivity index (χ1) is 12.1. The van der Waals surface area contributed by atoms with E-state index in [0.29, 0.717) is 25.6 Å². The first-order valence-electron chi connectivity index (χ1n) is 9.45. The highest BCUT2D eigenvalue weighted by atomic mass is 35.5. The van der Waals surface area contributed by atoms with E-state index >= 15 is 0 Å². The van der Waals surface area contributed by atoms with Gasteiger partial charge in [-0.15, -0.1) is 12.4 Å². The van der Waals surface area contributed by atoms with E-state index in [-0.39, 0.29) is 36.2 Å². The van der Waals surface area contributed by atoms with Crippen LogP contribution in [0.3, 0.4) is 0 Å². The highest BCUT2D eigenvalue weighted by Crippen LogP contribution is 2.27. The smallest absolute Gasteiger partial charge is 0.253 e. The SMILES string of the molecule is CC1CCN(C(=O)C2CCN(C(=O)c3ccccc3)CC2)C(CN)C1.Cl. The maximum atomic E-state index is 12.9. The highest BCUT2D eigenvalue weighted by molar-refractivity contribution is 5.94. The molecular weight excluding hydrogens is 350 g/mol. The molecule has 0 saturated carbocycles. The predicted molar refractivity (Wildman–Crippen MR) is 105 cm³/mol. The van der Waals surface area contributed by atoms with Crippen LogP contribution in [-0.4, -0.2) is 53.8 Å². The molecule has 2 amide bonds. The third-order valence-corrected chi connectivity index (χ3v) is 5.69. The summed E-state index contributed by atoms with van der Waals surface area (Å²) in [7, 11) is 0. The summed E-state index contributed by atoms with van der Waals surface area (Å²) in [5.74, 6) is 0.984. The number of likely N-dealkylation sites (tertiary alicyclic amines) is 2. The van der Waals surface area contributed by atoms with Gasteiger partial charge in [0.1, 0.15) is 0 Å². The molecule has 2 aliphatic heterocycles. The Morgan fingerprint density at radius 2 is 1.73 bits per heavy atom. The number of benzene rings is 1. The predicted octanol–water partition coefficient (Wildman–Crippen LogP) is 2.55. The molecule has 1 aromatic rings. The third kappa shape index (κ3) is 4.57. The van der Waals surface area contributed by atoms with Gasteiger partial charge in [0.15, 0.2) is 0 Å². The Labute approximate surface area is 162 Å². The molecule has 26 heavy (non-hydrogen) atoms. The second-order valence-electron chi connectivity index (χ2n) is 7.48. The molecule has 0 bridgehead atoms. The molecule has 1 aromatic carbocycles. The van der Waals surface area contributed by atoms with Crippen LogP contribution in [-0.2, 0) is 4.79 Å². The molecule has 0 radical (unpaired) electrons. The van der Waals surface area contributed by atoms with Gasteiger partial charge in [-0.1, -0.05) is 25.1 Å². The fraction of sp³-hybridized carbons (Fsp3) is 0.600. The minimum Gasteiger partial charge on any atom is -0.339 e. The van der Waals surface area contributed by atoms with E-state index in [1.165, 1.54) is 0 Å². The molecule has 2 unspecified atom stereocenters. The van der Waals surface area contributed by atoms with E-state index in [9.17, 15) is 9.59 Å². The van der Waals surface area contributed by atoms with E-state index in [2.05, 4.69) is 6.92 Å². The Hall–Kier alpha value is -1.59. The van der Waals surface area contributed by atoms with Crippen LogP contribution in [0.25, 0.3) is 0 Å². The average molecular weight is 380 g/mol. The van der Waals surface area contributed by atoms with Crippen LogP contribution in [0.4, 0.5) is 0 Å². The number of nitrogens with zero attached hydrogens (tertiary/aromatic N) is 2. The second kappa shape index (κ2) is 9.38. The zero-order chi connectivity index (χ0) is 17.8. The fourth-order valence-corrected chi connectivity index (χ4v) is 4.09. The summed E-state index contributed by atoms with van der Waals surface area (Å²) in [6, 6.07) is 9.55. The van der Waals surface area contributed by atoms with E-state index < -0.39 is 0 Å². The van der Waals surface area contributed by atoms with Gasteiger partial charge in [-0.3, -0.25) is 9.59 Å². The zero-order valence-corrected chi connectivity index (χ0v) is 16.3. The van der Waals surface area contributed by atoms with Gasteiger partial charge in [0.2, 0.25) is 5.91 Å². The number of amides is 2. The Morgan fingerprint density at radius 3 is 2.35 bits per heavy atom. The number of carbonyl (C=O) groups excluding carboxylic acids is 2. The monoisotopic (exact) mass is 379 g/mol. The van der Waals surface area contributed by atoms with Gasteiger partial charge in [-0.2, -0.15) is 0 Å². The summed E-state index contributed by atoms with van der Waals surface area (Å²) in [4.78, 5) is 29.4. The van der Waals surface area contributed by atoms with Crippen LogP contribution in [0.1, 0.15) is 43.0 Å². The summed E-state index contributed by atoms with van der Waals surface area (Å²) in [5.41, 5.74) is 6.63. The summed E-state index contributed by atoms with van der Waals surface area (Å²) >= 11 is 0. The summed E-state index contributed by atoms with van der Waals surface area (Å²) < 4.78 is 0. The number of hydrogen-bond donors (Lipinski definition) is 1. The number of carbonyl (C=O) groups is 2. The van der Waals surface area contributed by atoms with E-state index in [1.54, 1.807) is 0 Å². The van der Waals surface area contributed by atoms with Gasteiger partial charge in [0.25, 0.3) is 5.91 Å². The topological polar surface area (TPSA) is 66.6 Å². The average Bonchev–Trinajstić information content (AvgIpc) is 2.67. The number of halogens is 1. The van der Waals surface area contributed by atoms with Crippen LogP contribution < -0.4 is 5.73 Å². The maximum Gasteiger partial charge on any atom is 0.253 e. The fourth-order valence-electron chi connectivity index (χ4n) is 4.09. The Morgan fingerprint density at radius 1 is 1.08 bits per heavy atom. The molecule has 3 rings (SSSR count). The van der Waals surface area contributed by atoms with Crippen LogP contribution in [0.5, 0.6) is 0 Å². The maximum absolute atomic E-state index is 12.9. The number of rotatable bonds is 3. The molecule has 5 nitrogen and oxygen atoms in total. The van der Waals surface area contributed by atoms with Gasteiger partial charge in [0, 0.05) is 43.7 Å². The van der Waals surface area contributed by atoms with Gasteiger partial charge >= 0.3 is 0 Å². The third-order valence-electron chi connectivity index (χ3n) is 5.69. The van der Waals surface area contributed by atoms with E-state index in [0.717, 1.165) is 37.8 Å². The molecule has 2 heterocycles. The van der Waals surface area contributed by atoms with Crippen LogP contribution in [0.2, 0.25) is 0 Å². The minimum atomic E-state index is 0. The molecule has 0 spiro atoms. The summed E-state index contributed by atoms with van der Waals surface area (Å²) in [5, 5.41) is 0. The lowest BCUT2D eigenvalue weighted by atomic mass is 9.89. The van der Waals surface area contributed by atoms with Crippen molar-refractivity contribution in [1.82, 2.24) is 9.80 Å². The van der Waals surface area contributed by atoms with Crippen molar-refractivity contribution in [3.05, 3.63) is 35.9 Å². The Balaban J connectivity index is 0.00000243. The Bertz CT molecular complexity index is 602. The van der Waals surface area contributed by atoms with Crippen molar-refractivity contribution in [3.8, 4) is 0 Å². The van der Waals surface area contributed by atoms with E-state index in [1.807, 2.05) is 40.1 Å². The van der Waals surface area contributed by atoms with Gasteiger partial charge in [0.05, 0.1) is 0 Å². The molecule has 6 heteroatoms. The molecule has 2 fully saturated rings.